The Morgan fingerprint density at radius 1 is 1.00 bits per heavy atom. The van der Waals surface area contributed by atoms with Crippen LogP contribution in [0.25, 0.3) is 32.8 Å². The fourth-order valence-corrected chi connectivity index (χ4v) is 5.44. The van der Waals surface area contributed by atoms with E-state index in [0.717, 1.165) is 27.7 Å². The number of rotatable bonds is 4. The first-order chi connectivity index (χ1) is 14.7. The molecule has 0 N–H and O–H groups in total. The number of aromatic nitrogens is 1. The van der Waals surface area contributed by atoms with Crippen LogP contribution in [0.4, 0.5) is 0 Å². The molecule has 0 spiro atoms. The molecule has 6 rings (SSSR count). The molecule has 0 radical (unpaired) electrons. The number of para-hydroxylation sites is 1. The van der Waals surface area contributed by atoms with E-state index >= 15 is 0 Å². The summed E-state index contributed by atoms with van der Waals surface area (Å²) in [6, 6.07) is 19.5. The minimum Gasteiger partial charge on any atom is -0.466 e. The first-order valence-corrected chi connectivity index (χ1v) is 10.8. The third-order valence-electron chi connectivity index (χ3n) is 6.79. The number of fused-ring (bicyclic) bond motifs is 4. The van der Waals surface area contributed by atoms with Crippen LogP contribution in [-0.2, 0) is 16.0 Å². The molecule has 148 valence electrons. The molecule has 3 aromatic carbocycles. The summed E-state index contributed by atoms with van der Waals surface area (Å²) in [5, 5.41) is 3.81. The number of ether oxygens (including phenoxy) is 1. The van der Waals surface area contributed by atoms with Crippen molar-refractivity contribution in [3.63, 3.8) is 0 Å². The molecule has 1 fully saturated rings. The first kappa shape index (κ1) is 17.6. The smallest absolute Gasteiger partial charge is 0.310 e. The SMILES string of the molecule is CCOC(=O)Cc1c(C)nc2ccccc2c1-c1ccc2c3c(cccc13)C1CC21. The van der Waals surface area contributed by atoms with Crippen molar-refractivity contribution < 1.29 is 9.53 Å². The van der Waals surface area contributed by atoms with Gasteiger partial charge in [-0.05, 0) is 76.8 Å². The van der Waals surface area contributed by atoms with E-state index in [1.165, 1.54) is 33.9 Å². The number of hydrogen-bond donors (Lipinski definition) is 0. The predicted molar refractivity (Wildman–Crippen MR) is 120 cm³/mol. The van der Waals surface area contributed by atoms with E-state index in [1.807, 2.05) is 26.0 Å². The van der Waals surface area contributed by atoms with Crippen molar-refractivity contribution in [3.05, 3.63) is 77.0 Å². The average Bonchev–Trinajstić information content (AvgIpc) is 3.48. The van der Waals surface area contributed by atoms with Gasteiger partial charge in [-0.3, -0.25) is 9.78 Å². The van der Waals surface area contributed by atoms with Crippen molar-refractivity contribution in [2.24, 2.45) is 0 Å². The zero-order valence-corrected chi connectivity index (χ0v) is 17.2. The third kappa shape index (κ3) is 2.44. The Hall–Kier alpha value is -3.20. The topological polar surface area (TPSA) is 39.2 Å². The molecule has 0 bridgehead atoms. The molecule has 0 aliphatic heterocycles. The van der Waals surface area contributed by atoms with E-state index in [-0.39, 0.29) is 12.4 Å². The summed E-state index contributed by atoms with van der Waals surface area (Å²) in [7, 11) is 0. The van der Waals surface area contributed by atoms with Crippen molar-refractivity contribution in [2.75, 3.05) is 6.61 Å². The summed E-state index contributed by atoms with van der Waals surface area (Å²) in [6.45, 7) is 4.23. The number of esters is 1. The number of carbonyl (C=O) groups is 1. The van der Waals surface area contributed by atoms with Crippen LogP contribution in [0.1, 0.15) is 47.6 Å². The van der Waals surface area contributed by atoms with Gasteiger partial charge in [0.15, 0.2) is 0 Å². The minimum absolute atomic E-state index is 0.203. The highest BCUT2D eigenvalue weighted by Gasteiger charge is 2.46. The number of benzene rings is 3. The Labute approximate surface area is 175 Å². The van der Waals surface area contributed by atoms with Gasteiger partial charge in [-0.15, -0.1) is 0 Å². The van der Waals surface area contributed by atoms with E-state index in [4.69, 9.17) is 9.72 Å². The molecular weight excluding hydrogens is 370 g/mol. The molecule has 1 saturated carbocycles. The van der Waals surface area contributed by atoms with Crippen LogP contribution in [0.5, 0.6) is 0 Å². The van der Waals surface area contributed by atoms with Gasteiger partial charge < -0.3 is 4.74 Å². The molecule has 30 heavy (non-hydrogen) atoms. The highest BCUT2D eigenvalue weighted by Crippen LogP contribution is 2.63. The molecule has 4 aromatic rings. The molecule has 3 heteroatoms. The molecule has 0 amide bonds. The van der Waals surface area contributed by atoms with E-state index in [9.17, 15) is 4.79 Å². The Morgan fingerprint density at radius 3 is 2.60 bits per heavy atom. The Morgan fingerprint density at radius 2 is 1.77 bits per heavy atom. The lowest BCUT2D eigenvalue weighted by Gasteiger charge is -2.18. The lowest BCUT2D eigenvalue weighted by atomic mass is 9.87. The standard InChI is InChI=1S/C27H23NO2/c1-3-30-25(29)14-21-15(2)28-24-10-5-4-7-20(24)27(21)18-11-12-19-23-13-22(23)17-9-6-8-16(18)26(17)19/h4-12,22-23H,3,13-14H2,1-2H3. The van der Waals surface area contributed by atoms with Crippen LogP contribution in [0, 0.1) is 6.92 Å². The van der Waals surface area contributed by atoms with Crippen LogP contribution < -0.4 is 0 Å². The predicted octanol–water partition coefficient (Wildman–Crippen LogP) is 6.05. The van der Waals surface area contributed by atoms with E-state index in [1.54, 1.807) is 0 Å². The maximum atomic E-state index is 12.5. The maximum absolute atomic E-state index is 12.5. The summed E-state index contributed by atoms with van der Waals surface area (Å²) in [4.78, 5) is 17.3. The van der Waals surface area contributed by atoms with Crippen molar-refractivity contribution in [1.82, 2.24) is 4.98 Å². The van der Waals surface area contributed by atoms with Gasteiger partial charge in [0.25, 0.3) is 0 Å². The van der Waals surface area contributed by atoms with Crippen LogP contribution in [0.15, 0.2) is 54.6 Å². The quantitative estimate of drug-likeness (QED) is 0.396. The summed E-state index contributed by atoms with van der Waals surface area (Å²) in [5.41, 5.74) is 8.13. The Kier molecular flexibility index (Phi) is 3.76. The number of hydrogen-bond acceptors (Lipinski definition) is 3. The van der Waals surface area contributed by atoms with Crippen LogP contribution in [-0.4, -0.2) is 17.6 Å². The second-order valence-electron chi connectivity index (χ2n) is 8.47. The summed E-state index contributed by atoms with van der Waals surface area (Å²) in [5.74, 6) is 1.20. The maximum Gasteiger partial charge on any atom is 0.310 e. The lowest BCUT2D eigenvalue weighted by Crippen LogP contribution is -2.11. The largest absolute Gasteiger partial charge is 0.466 e. The Bertz CT molecular complexity index is 1340. The fraction of sp³-hybridized carbons (Fsp3) is 0.259. The first-order valence-electron chi connectivity index (χ1n) is 10.8. The molecular formula is C27H23NO2. The van der Waals surface area contributed by atoms with Crippen molar-refractivity contribution in [2.45, 2.75) is 38.5 Å². The third-order valence-corrected chi connectivity index (χ3v) is 6.79. The van der Waals surface area contributed by atoms with Gasteiger partial charge in [0, 0.05) is 11.1 Å². The molecule has 0 saturated heterocycles. The lowest BCUT2D eigenvalue weighted by molar-refractivity contribution is -0.142. The van der Waals surface area contributed by atoms with E-state index < -0.39 is 0 Å². The van der Waals surface area contributed by atoms with Gasteiger partial charge in [-0.25, -0.2) is 0 Å². The van der Waals surface area contributed by atoms with Gasteiger partial charge in [0.05, 0.1) is 18.5 Å². The van der Waals surface area contributed by atoms with Crippen LogP contribution in [0.2, 0.25) is 0 Å². The second-order valence-corrected chi connectivity index (χ2v) is 8.47. The van der Waals surface area contributed by atoms with Crippen LogP contribution >= 0.6 is 0 Å². The van der Waals surface area contributed by atoms with Gasteiger partial charge >= 0.3 is 5.97 Å². The zero-order valence-electron chi connectivity index (χ0n) is 17.2. The second kappa shape index (κ2) is 6.40. The van der Waals surface area contributed by atoms with Crippen molar-refractivity contribution in [3.8, 4) is 11.1 Å². The molecule has 2 atom stereocenters. The Balaban J connectivity index is 1.67. The van der Waals surface area contributed by atoms with E-state index in [0.29, 0.717) is 18.4 Å². The minimum atomic E-state index is -0.203. The summed E-state index contributed by atoms with van der Waals surface area (Å²) >= 11 is 0. The number of carbonyl (C=O) groups excluding carboxylic acids is 1. The van der Waals surface area contributed by atoms with Crippen molar-refractivity contribution >= 4 is 27.6 Å². The zero-order chi connectivity index (χ0) is 20.4. The monoisotopic (exact) mass is 393 g/mol. The summed E-state index contributed by atoms with van der Waals surface area (Å²) < 4.78 is 5.29. The van der Waals surface area contributed by atoms with E-state index in [2.05, 4.69) is 42.5 Å². The average molecular weight is 393 g/mol. The summed E-state index contributed by atoms with van der Waals surface area (Å²) in [6.07, 6.45) is 1.53. The fourth-order valence-electron chi connectivity index (χ4n) is 5.44. The van der Waals surface area contributed by atoms with Crippen molar-refractivity contribution in [1.29, 1.82) is 0 Å². The molecule has 1 aromatic heterocycles. The highest BCUT2D eigenvalue weighted by molar-refractivity contribution is 6.09. The number of pyridine rings is 1. The van der Waals surface area contributed by atoms with Gasteiger partial charge in [-0.2, -0.15) is 0 Å². The van der Waals surface area contributed by atoms with Crippen LogP contribution in [0.3, 0.4) is 0 Å². The molecule has 1 heterocycles. The molecule has 2 aliphatic carbocycles. The van der Waals surface area contributed by atoms with Gasteiger partial charge in [0.2, 0.25) is 0 Å². The highest BCUT2D eigenvalue weighted by atomic mass is 16.5. The molecule has 2 aliphatic rings. The number of nitrogens with zero attached hydrogens (tertiary/aromatic N) is 1. The molecule has 2 unspecified atom stereocenters. The van der Waals surface area contributed by atoms with Gasteiger partial charge in [0.1, 0.15) is 0 Å². The molecule has 3 nitrogen and oxygen atoms in total. The number of aryl methyl sites for hydroxylation is 1. The van der Waals surface area contributed by atoms with Gasteiger partial charge in [-0.1, -0.05) is 48.5 Å². The normalized spacial score (nSPS) is 18.6.